The van der Waals surface area contributed by atoms with Gasteiger partial charge in [0, 0.05) is 6.54 Å². The largest absolute Gasteiger partial charge is 0.313 e. The van der Waals surface area contributed by atoms with Gasteiger partial charge < -0.3 is 5.21 Å². The Balaban J connectivity index is 2.39. The van der Waals surface area contributed by atoms with Gasteiger partial charge in [0.25, 0.3) is 0 Å². The van der Waals surface area contributed by atoms with Crippen molar-refractivity contribution in [3.63, 3.8) is 0 Å². The minimum atomic E-state index is 0.199. The van der Waals surface area contributed by atoms with Crippen molar-refractivity contribution in [3.05, 3.63) is 35.4 Å². The Morgan fingerprint density at radius 3 is 3.00 bits per heavy atom. The standard InChI is InChI=1S/C11H15NO/c1-2-11-10-6-4-3-5-9(10)7-8-12(11)13/h3-6,11,13H,2,7-8H2,1H3/t11-/m1/s1. The van der Waals surface area contributed by atoms with Crippen LogP contribution < -0.4 is 0 Å². The van der Waals surface area contributed by atoms with E-state index in [4.69, 9.17) is 0 Å². The summed E-state index contributed by atoms with van der Waals surface area (Å²) in [6, 6.07) is 8.58. The first-order valence-electron chi connectivity index (χ1n) is 4.86. The van der Waals surface area contributed by atoms with Crippen molar-refractivity contribution < 1.29 is 5.21 Å². The molecule has 1 heterocycles. The van der Waals surface area contributed by atoms with Crippen LogP contribution in [0.25, 0.3) is 0 Å². The van der Waals surface area contributed by atoms with E-state index in [1.807, 2.05) is 6.07 Å². The molecular formula is C11H15NO. The molecule has 1 aliphatic heterocycles. The summed E-state index contributed by atoms with van der Waals surface area (Å²) >= 11 is 0. The molecule has 0 radical (unpaired) electrons. The summed E-state index contributed by atoms with van der Waals surface area (Å²) in [5.41, 5.74) is 2.68. The molecule has 0 saturated carbocycles. The van der Waals surface area contributed by atoms with E-state index in [0.29, 0.717) is 0 Å². The van der Waals surface area contributed by atoms with Gasteiger partial charge in [0.05, 0.1) is 6.04 Å². The number of nitrogens with zero attached hydrogens (tertiary/aromatic N) is 1. The smallest absolute Gasteiger partial charge is 0.0599 e. The molecule has 2 nitrogen and oxygen atoms in total. The third-order valence-corrected chi connectivity index (χ3v) is 2.77. The predicted octanol–water partition coefficient (Wildman–Crippen LogP) is 2.38. The average Bonchev–Trinajstić information content (AvgIpc) is 2.18. The van der Waals surface area contributed by atoms with Crippen molar-refractivity contribution in [3.8, 4) is 0 Å². The van der Waals surface area contributed by atoms with Crippen LogP contribution in [-0.2, 0) is 6.42 Å². The first kappa shape index (κ1) is 8.73. The first-order valence-corrected chi connectivity index (χ1v) is 4.86. The van der Waals surface area contributed by atoms with E-state index in [1.165, 1.54) is 16.2 Å². The van der Waals surface area contributed by atoms with Gasteiger partial charge in [0.1, 0.15) is 0 Å². The van der Waals surface area contributed by atoms with E-state index >= 15 is 0 Å². The van der Waals surface area contributed by atoms with Crippen molar-refractivity contribution in [2.24, 2.45) is 0 Å². The van der Waals surface area contributed by atoms with Gasteiger partial charge in [0.15, 0.2) is 0 Å². The highest BCUT2D eigenvalue weighted by atomic mass is 16.5. The Kier molecular flexibility index (Phi) is 2.34. The maximum atomic E-state index is 9.65. The molecular weight excluding hydrogens is 162 g/mol. The number of hydrogen-bond donors (Lipinski definition) is 1. The summed E-state index contributed by atoms with van der Waals surface area (Å²) in [4.78, 5) is 0. The van der Waals surface area contributed by atoms with Gasteiger partial charge in [-0.2, -0.15) is 5.06 Å². The summed E-state index contributed by atoms with van der Waals surface area (Å²) in [7, 11) is 0. The van der Waals surface area contributed by atoms with Crippen LogP contribution >= 0.6 is 0 Å². The second-order valence-corrected chi connectivity index (χ2v) is 3.54. The molecule has 2 rings (SSSR count). The van der Waals surface area contributed by atoms with Crippen LogP contribution in [-0.4, -0.2) is 16.8 Å². The lowest BCUT2D eigenvalue weighted by molar-refractivity contribution is -0.134. The van der Waals surface area contributed by atoms with Gasteiger partial charge in [-0.05, 0) is 24.0 Å². The van der Waals surface area contributed by atoms with Crippen LogP contribution in [0, 0.1) is 0 Å². The van der Waals surface area contributed by atoms with Crippen LogP contribution in [0.15, 0.2) is 24.3 Å². The maximum Gasteiger partial charge on any atom is 0.0599 e. The number of rotatable bonds is 1. The molecule has 1 aromatic carbocycles. The molecule has 0 aliphatic carbocycles. The average molecular weight is 177 g/mol. The van der Waals surface area contributed by atoms with Gasteiger partial charge in [-0.3, -0.25) is 0 Å². The maximum absolute atomic E-state index is 9.65. The van der Waals surface area contributed by atoms with E-state index in [-0.39, 0.29) is 6.04 Å². The van der Waals surface area contributed by atoms with Crippen molar-refractivity contribution >= 4 is 0 Å². The Hall–Kier alpha value is -0.860. The minimum Gasteiger partial charge on any atom is -0.313 e. The quantitative estimate of drug-likeness (QED) is 0.712. The zero-order valence-corrected chi connectivity index (χ0v) is 7.90. The fraction of sp³-hybridized carbons (Fsp3) is 0.455. The predicted molar refractivity (Wildman–Crippen MR) is 51.7 cm³/mol. The highest BCUT2D eigenvalue weighted by Gasteiger charge is 2.23. The van der Waals surface area contributed by atoms with E-state index in [0.717, 1.165) is 19.4 Å². The molecule has 0 amide bonds. The van der Waals surface area contributed by atoms with E-state index in [1.54, 1.807) is 0 Å². The second-order valence-electron chi connectivity index (χ2n) is 3.54. The van der Waals surface area contributed by atoms with Crippen molar-refractivity contribution in [2.45, 2.75) is 25.8 Å². The van der Waals surface area contributed by atoms with Crippen molar-refractivity contribution in [1.82, 2.24) is 5.06 Å². The zero-order chi connectivity index (χ0) is 9.26. The molecule has 0 saturated heterocycles. The molecule has 1 aliphatic rings. The molecule has 0 spiro atoms. The topological polar surface area (TPSA) is 23.5 Å². The SMILES string of the molecule is CC[C@@H]1c2ccccc2CCN1O. The highest BCUT2D eigenvalue weighted by molar-refractivity contribution is 5.31. The second kappa shape index (κ2) is 3.48. The van der Waals surface area contributed by atoms with E-state index in [9.17, 15) is 5.21 Å². The molecule has 13 heavy (non-hydrogen) atoms. The molecule has 0 unspecified atom stereocenters. The van der Waals surface area contributed by atoms with Crippen molar-refractivity contribution in [2.75, 3.05) is 6.54 Å². The lowest BCUT2D eigenvalue weighted by Gasteiger charge is -2.31. The van der Waals surface area contributed by atoms with Crippen LogP contribution in [0.5, 0.6) is 0 Å². The zero-order valence-electron chi connectivity index (χ0n) is 7.90. The summed E-state index contributed by atoms with van der Waals surface area (Å²) in [6.07, 6.45) is 1.93. The van der Waals surface area contributed by atoms with Gasteiger partial charge in [-0.25, -0.2) is 0 Å². The molecule has 0 bridgehead atoms. The monoisotopic (exact) mass is 177 g/mol. The molecule has 2 heteroatoms. The third kappa shape index (κ3) is 1.47. The van der Waals surface area contributed by atoms with E-state index in [2.05, 4.69) is 25.1 Å². The molecule has 1 atom stereocenters. The molecule has 1 aromatic rings. The summed E-state index contributed by atoms with van der Waals surface area (Å²) < 4.78 is 0. The normalized spacial score (nSPS) is 22.8. The lowest BCUT2D eigenvalue weighted by atomic mass is 9.93. The molecule has 1 N–H and O–H groups in total. The fourth-order valence-corrected chi connectivity index (χ4v) is 2.07. The van der Waals surface area contributed by atoms with Crippen LogP contribution in [0.1, 0.15) is 30.5 Å². The highest BCUT2D eigenvalue weighted by Crippen LogP contribution is 2.30. The summed E-state index contributed by atoms with van der Waals surface area (Å²) in [6.45, 7) is 2.87. The van der Waals surface area contributed by atoms with Crippen LogP contribution in [0.4, 0.5) is 0 Å². The Bertz CT molecular complexity index is 298. The Morgan fingerprint density at radius 1 is 1.46 bits per heavy atom. The summed E-state index contributed by atoms with van der Waals surface area (Å²) in [5, 5.41) is 11.1. The molecule has 0 fully saturated rings. The Morgan fingerprint density at radius 2 is 2.23 bits per heavy atom. The van der Waals surface area contributed by atoms with Crippen LogP contribution in [0.3, 0.4) is 0 Å². The third-order valence-electron chi connectivity index (χ3n) is 2.77. The lowest BCUT2D eigenvalue weighted by Crippen LogP contribution is -2.32. The minimum absolute atomic E-state index is 0.199. The number of hydrogen-bond acceptors (Lipinski definition) is 2. The number of fused-ring (bicyclic) bond motifs is 1. The van der Waals surface area contributed by atoms with Gasteiger partial charge in [-0.15, -0.1) is 0 Å². The Labute approximate surface area is 78.8 Å². The number of benzene rings is 1. The van der Waals surface area contributed by atoms with Crippen LogP contribution in [0.2, 0.25) is 0 Å². The number of hydroxylamine groups is 2. The van der Waals surface area contributed by atoms with Gasteiger partial charge >= 0.3 is 0 Å². The van der Waals surface area contributed by atoms with Gasteiger partial charge in [-0.1, -0.05) is 31.2 Å². The fourth-order valence-electron chi connectivity index (χ4n) is 2.07. The van der Waals surface area contributed by atoms with Gasteiger partial charge in [0.2, 0.25) is 0 Å². The van der Waals surface area contributed by atoms with E-state index < -0.39 is 0 Å². The molecule has 70 valence electrons. The summed E-state index contributed by atoms with van der Waals surface area (Å²) in [5.74, 6) is 0. The molecule has 0 aromatic heterocycles. The first-order chi connectivity index (χ1) is 6.33. The van der Waals surface area contributed by atoms with Crippen molar-refractivity contribution in [1.29, 1.82) is 0 Å².